The Bertz CT molecular complexity index is 762. The molecule has 8 heteroatoms. The van der Waals surface area contributed by atoms with Crippen LogP contribution in [0.1, 0.15) is 109 Å². The highest BCUT2D eigenvalue weighted by molar-refractivity contribution is 5.80. The smallest absolute Gasteiger partial charge is 0.308 e. The van der Waals surface area contributed by atoms with Crippen LogP contribution in [0, 0.1) is 35.5 Å². The fourth-order valence-electron chi connectivity index (χ4n) is 7.71. The topological polar surface area (TPSA) is 111 Å². The first-order chi connectivity index (χ1) is 18.9. The molecular formula is C31H50N2O6. The van der Waals surface area contributed by atoms with Crippen molar-refractivity contribution in [3.8, 4) is 0 Å². The van der Waals surface area contributed by atoms with Gasteiger partial charge in [-0.1, -0.05) is 0 Å². The highest BCUT2D eigenvalue weighted by atomic mass is 16.5. The molecular weight excluding hydrogens is 496 g/mol. The van der Waals surface area contributed by atoms with E-state index in [0.29, 0.717) is 12.1 Å². The molecule has 0 aromatic carbocycles. The second-order valence-corrected chi connectivity index (χ2v) is 12.8. The molecule has 0 aromatic rings. The Labute approximate surface area is 234 Å². The lowest BCUT2D eigenvalue weighted by atomic mass is 9.75. The minimum Gasteiger partial charge on any atom is -0.469 e. The van der Waals surface area contributed by atoms with Crippen molar-refractivity contribution >= 4 is 23.8 Å². The molecule has 2 N–H and O–H groups in total. The van der Waals surface area contributed by atoms with Crippen LogP contribution in [0.4, 0.5) is 0 Å². The average molecular weight is 547 g/mol. The number of esters is 2. The number of carbonyl (C=O) groups excluding carboxylic acids is 4. The molecule has 0 unspecified atom stereocenters. The molecule has 0 radical (unpaired) electrons. The molecule has 39 heavy (non-hydrogen) atoms. The lowest BCUT2D eigenvalue weighted by Gasteiger charge is -2.35. The van der Waals surface area contributed by atoms with Gasteiger partial charge in [-0.2, -0.15) is 0 Å². The van der Waals surface area contributed by atoms with Gasteiger partial charge in [0.05, 0.1) is 26.1 Å². The van der Waals surface area contributed by atoms with Crippen LogP contribution >= 0.6 is 0 Å². The van der Waals surface area contributed by atoms with Gasteiger partial charge >= 0.3 is 11.9 Å². The summed E-state index contributed by atoms with van der Waals surface area (Å²) in [7, 11) is 2.87. The van der Waals surface area contributed by atoms with E-state index < -0.39 is 0 Å². The number of amides is 2. The van der Waals surface area contributed by atoms with E-state index in [4.69, 9.17) is 9.47 Å². The summed E-state index contributed by atoms with van der Waals surface area (Å²) in [5.41, 5.74) is 0. The van der Waals surface area contributed by atoms with Gasteiger partial charge in [-0.15, -0.1) is 0 Å². The third-order valence-corrected chi connectivity index (χ3v) is 10.3. The summed E-state index contributed by atoms with van der Waals surface area (Å²) in [6, 6.07) is 0.585. The first-order valence-corrected chi connectivity index (χ1v) is 15.6. The highest BCUT2D eigenvalue weighted by Gasteiger charge is 2.34. The SMILES string of the molecule is COC(=O)C1CCC(C(=O)NC2CCC(CC3CCC(NC(=O)C4CCC(C(=O)OC)CC4)CC3)CC2)CC1. The number of ether oxygens (including phenoxy) is 2. The van der Waals surface area contributed by atoms with Crippen LogP contribution in [0.2, 0.25) is 0 Å². The molecule has 2 amide bonds. The Morgan fingerprint density at radius 1 is 0.487 bits per heavy atom. The van der Waals surface area contributed by atoms with Gasteiger partial charge in [0.2, 0.25) is 11.8 Å². The molecule has 220 valence electrons. The highest BCUT2D eigenvalue weighted by Crippen LogP contribution is 2.37. The maximum absolute atomic E-state index is 12.8. The Morgan fingerprint density at radius 2 is 0.795 bits per heavy atom. The summed E-state index contributed by atoms with van der Waals surface area (Å²) in [5.74, 6) is 1.56. The molecule has 0 atom stereocenters. The third kappa shape index (κ3) is 8.43. The van der Waals surface area contributed by atoms with Crippen molar-refractivity contribution in [1.82, 2.24) is 10.6 Å². The second-order valence-electron chi connectivity index (χ2n) is 12.8. The number of nitrogens with one attached hydrogen (secondary N) is 2. The van der Waals surface area contributed by atoms with E-state index in [1.807, 2.05) is 0 Å². The van der Waals surface area contributed by atoms with Gasteiger partial charge in [-0.25, -0.2) is 0 Å². The van der Waals surface area contributed by atoms with E-state index >= 15 is 0 Å². The molecule has 8 nitrogen and oxygen atoms in total. The van der Waals surface area contributed by atoms with Crippen molar-refractivity contribution in [3.63, 3.8) is 0 Å². The quantitative estimate of drug-likeness (QED) is 0.428. The van der Waals surface area contributed by atoms with Gasteiger partial charge < -0.3 is 20.1 Å². The van der Waals surface area contributed by atoms with E-state index in [0.717, 1.165) is 88.9 Å². The second kappa shape index (κ2) is 14.5. The Kier molecular flexibility index (Phi) is 11.1. The minimum absolute atomic E-state index is 0.0363. The summed E-state index contributed by atoms with van der Waals surface area (Å²) >= 11 is 0. The molecule has 4 rings (SSSR count). The molecule has 0 saturated heterocycles. The van der Waals surface area contributed by atoms with Gasteiger partial charge in [-0.3, -0.25) is 19.2 Å². The van der Waals surface area contributed by atoms with Gasteiger partial charge in [-0.05, 0) is 121 Å². The van der Waals surface area contributed by atoms with Crippen molar-refractivity contribution in [2.75, 3.05) is 14.2 Å². The van der Waals surface area contributed by atoms with Crippen LogP contribution < -0.4 is 10.6 Å². The molecule has 0 aromatic heterocycles. The van der Waals surface area contributed by atoms with E-state index in [1.165, 1.54) is 46.3 Å². The van der Waals surface area contributed by atoms with Crippen molar-refractivity contribution in [2.24, 2.45) is 35.5 Å². The van der Waals surface area contributed by atoms with Crippen LogP contribution in [-0.4, -0.2) is 50.1 Å². The first kappa shape index (κ1) is 29.9. The maximum atomic E-state index is 12.8. The number of rotatable bonds is 8. The fraction of sp³-hybridized carbons (Fsp3) is 0.871. The summed E-state index contributed by atoms with van der Waals surface area (Å²) in [6.45, 7) is 0. The molecule has 4 aliphatic carbocycles. The zero-order valence-electron chi connectivity index (χ0n) is 24.1. The van der Waals surface area contributed by atoms with E-state index in [9.17, 15) is 19.2 Å². The predicted molar refractivity (Wildman–Crippen MR) is 147 cm³/mol. The summed E-state index contributed by atoms with van der Waals surface area (Å²) < 4.78 is 9.72. The van der Waals surface area contributed by atoms with Crippen LogP contribution in [0.3, 0.4) is 0 Å². The van der Waals surface area contributed by atoms with E-state index in [1.54, 1.807) is 0 Å². The maximum Gasteiger partial charge on any atom is 0.308 e. The lowest BCUT2D eigenvalue weighted by Crippen LogP contribution is -2.43. The third-order valence-electron chi connectivity index (χ3n) is 10.3. The van der Waals surface area contributed by atoms with Gasteiger partial charge in [0.1, 0.15) is 0 Å². The van der Waals surface area contributed by atoms with Crippen molar-refractivity contribution in [3.05, 3.63) is 0 Å². The van der Waals surface area contributed by atoms with Crippen LogP contribution in [0.5, 0.6) is 0 Å². The molecule has 0 heterocycles. The fourth-order valence-corrected chi connectivity index (χ4v) is 7.71. The standard InChI is InChI=1S/C31H50N2O6/c1-38-30(36)24-11-7-22(8-12-24)28(34)32-26-15-3-20(4-16-26)19-21-5-17-27(18-6-21)33-29(35)23-9-13-25(14-10-23)31(37)39-2/h20-27H,3-19H2,1-2H3,(H,32,34)(H,33,35). The Morgan fingerprint density at radius 3 is 1.10 bits per heavy atom. The largest absolute Gasteiger partial charge is 0.469 e. The molecule has 4 fully saturated rings. The van der Waals surface area contributed by atoms with E-state index in [-0.39, 0.29) is 47.4 Å². The van der Waals surface area contributed by atoms with Crippen molar-refractivity contribution < 1.29 is 28.7 Å². The van der Waals surface area contributed by atoms with Crippen molar-refractivity contribution in [2.45, 2.75) is 121 Å². The Hall–Kier alpha value is -2.12. The van der Waals surface area contributed by atoms with Crippen LogP contribution in [-0.2, 0) is 28.7 Å². The summed E-state index contributed by atoms with van der Waals surface area (Å²) in [5, 5.41) is 6.63. The van der Waals surface area contributed by atoms with Crippen LogP contribution in [0.25, 0.3) is 0 Å². The summed E-state index contributed by atoms with van der Waals surface area (Å²) in [6.07, 6.45) is 16.4. The number of carbonyl (C=O) groups is 4. The number of hydrogen-bond donors (Lipinski definition) is 2. The monoisotopic (exact) mass is 546 g/mol. The minimum atomic E-state index is -0.138. The summed E-state index contributed by atoms with van der Waals surface area (Å²) in [4.78, 5) is 49.1. The number of hydrogen-bond acceptors (Lipinski definition) is 6. The Balaban J connectivity index is 1.07. The first-order valence-electron chi connectivity index (χ1n) is 15.6. The zero-order chi connectivity index (χ0) is 27.8. The normalized spacial score (nSPS) is 35.3. The van der Waals surface area contributed by atoms with Gasteiger partial charge in [0.15, 0.2) is 0 Å². The molecule has 4 saturated carbocycles. The average Bonchev–Trinajstić information content (AvgIpc) is 2.98. The molecule has 0 spiro atoms. The molecule has 0 bridgehead atoms. The molecule has 4 aliphatic rings. The van der Waals surface area contributed by atoms with Crippen molar-refractivity contribution in [1.29, 1.82) is 0 Å². The van der Waals surface area contributed by atoms with Gasteiger partial charge in [0, 0.05) is 23.9 Å². The molecule has 0 aliphatic heterocycles. The van der Waals surface area contributed by atoms with E-state index in [2.05, 4.69) is 10.6 Å². The number of methoxy groups -OCH3 is 2. The predicted octanol–water partition coefficient (Wildman–Crippen LogP) is 4.69. The zero-order valence-corrected chi connectivity index (χ0v) is 24.1. The van der Waals surface area contributed by atoms with Gasteiger partial charge in [0.25, 0.3) is 0 Å². The lowest BCUT2D eigenvalue weighted by molar-refractivity contribution is -0.148. The van der Waals surface area contributed by atoms with Crippen LogP contribution in [0.15, 0.2) is 0 Å².